The molecule has 0 aromatic carbocycles. The second-order valence-corrected chi connectivity index (χ2v) is 4.51. The maximum absolute atomic E-state index is 10.9. The van der Waals surface area contributed by atoms with Gasteiger partial charge in [0, 0.05) is 6.26 Å². The van der Waals surface area contributed by atoms with Gasteiger partial charge in [0.1, 0.15) is 11.6 Å². The lowest BCUT2D eigenvalue weighted by Gasteiger charge is -1.96. The minimum atomic E-state index is -3.47. The van der Waals surface area contributed by atoms with Gasteiger partial charge in [-0.1, -0.05) is 11.6 Å². The Balaban J connectivity index is 3.36. The second-order valence-electron chi connectivity index (χ2n) is 2.24. The Morgan fingerprint density at radius 2 is 2.23 bits per heavy atom. The van der Waals surface area contributed by atoms with E-state index >= 15 is 0 Å². The van der Waals surface area contributed by atoms with Crippen molar-refractivity contribution in [2.24, 2.45) is 0 Å². The average molecular weight is 218 g/mol. The summed E-state index contributed by atoms with van der Waals surface area (Å²) >= 11 is 5.50. The van der Waals surface area contributed by atoms with Crippen LogP contribution in [0.25, 0.3) is 0 Å². The molecule has 1 rings (SSSR count). The highest BCUT2D eigenvalue weighted by atomic mass is 35.5. The number of nitrogens with zero attached hydrogens (tertiary/aromatic N) is 3. The molecular formula is C6H4ClN3O2S. The van der Waals surface area contributed by atoms with Crippen molar-refractivity contribution in [3.63, 3.8) is 0 Å². The van der Waals surface area contributed by atoms with E-state index in [-0.39, 0.29) is 15.9 Å². The summed E-state index contributed by atoms with van der Waals surface area (Å²) in [6, 6.07) is 1.72. The zero-order chi connectivity index (χ0) is 10.1. The van der Waals surface area contributed by atoms with Crippen molar-refractivity contribution in [2.45, 2.75) is 5.16 Å². The van der Waals surface area contributed by atoms with Crippen LogP contribution in [-0.2, 0) is 9.84 Å². The predicted octanol–water partition coefficient (Wildman–Crippen LogP) is 0.405. The average Bonchev–Trinajstić information content (AvgIpc) is 2.02. The number of aromatic nitrogens is 2. The van der Waals surface area contributed by atoms with Crippen LogP contribution >= 0.6 is 11.6 Å². The third-order valence-corrected chi connectivity index (χ3v) is 2.32. The quantitative estimate of drug-likeness (QED) is 0.502. The molecule has 1 heterocycles. The van der Waals surface area contributed by atoms with E-state index in [9.17, 15) is 8.42 Å². The number of halogens is 1. The van der Waals surface area contributed by atoms with Crippen molar-refractivity contribution < 1.29 is 8.42 Å². The van der Waals surface area contributed by atoms with Crippen LogP contribution in [0.1, 0.15) is 5.56 Å². The molecule has 0 radical (unpaired) electrons. The molecule has 0 saturated heterocycles. The summed E-state index contributed by atoms with van der Waals surface area (Å²) in [4.78, 5) is 6.93. The molecule has 0 atom stereocenters. The van der Waals surface area contributed by atoms with Gasteiger partial charge in [-0.05, 0) is 0 Å². The lowest BCUT2D eigenvalue weighted by atomic mass is 10.4. The third kappa shape index (κ3) is 2.14. The van der Waals surface area contributed by atoms with Crippen LogP contribution in [-0.4, -0.2) is 24.6 Å². The SMILES string of the molecule is CS(=O)(=O)c1ncc(C#N)c(Cl)n1. The Morgan fingerprint density at radius 1 is 1.62 bits per heavy atom. The molecule has 5 nitrogen and oxygen atoms in total. The smallest absolute Gasteiger partial charge is 0.225 e. The summed E-state index contributed by atoms with van der Waals surface area (Å²) in [6.45, 7) is 0. The van der Waals surface area contributed by atoms with Crippen LogP contribution in [0.3, 0.4) is 0 Å². The Hall–Kier alpha value is -1.19. The number of nitriles is 1. The van der Waals surface area contributed by atoms with Crippen molar-refractivity contribution in [3.05, 3.63) is 16.9 Å². The van der Waals surface area contributed by atoms with Gasteiger partial charge in [-0.2, -0.15) is 5.26 Å². The minimum Gasteiger partial charge on any atom is -0.225 e. The van der Waals surface area contributed by atoms with Gasteiger partial charge in [-0.25, -0.2) is 18.4 Å². The molecule has 0 amide bonds. The van der Waals surface area contributed by atoms with Crippen LogP contribution in [0.5, 0.6) is 0 Å². The lowest BCUT2D eigenvalue weighted by molar-refractivity contribution is 0.593. The molecule has 0 unspecified atom stereocenters. The molecule has 0 aliphatic heterocycles. The first-order valence-electron chi connectivity index (χ1n) is 3.08. The second kappa shape index (κ2) is 3.28. The zero-order valence-corrected chi connectivity index (χ0v) is 8.09. The molecule has 1 aromatic rings. The fraction of sp³-hybridized carbons (Fsp3) is 0.167. The van der Waals surface area contributed by atoms with E-state index < -0.39 is 9.84 Å². The zero-order valence-electron chi connectivity index (χ0n) is 6.52. The lowest BCUT2D eigenvalue weighted by Crippen LogP contribution is -2.04. The Labute approximate surface area is 79.9 Å². The molecule has 7 heteroatoms. The number of hydrogen-bond acceptors (Lipinski definition) is 5. The van der Waals surface area contributed by atoms with Gasteiger partial charge in [0.25, 0.3) is 0 Å². The van der Waals surface area contributed by atoms with Crippen LogP contribution in [0.2, 0.25) is 5.15 Å². The normalized spacial score (nSPS) is 10.8. The van der Waals surface area contributed by atoms with Crippen LogP contribution in [0.4, 0.5) is 0 Å². The summed E-state index contributed by atoms with van der Waals surface area (Å²) in [5, 5.41) is 7.92. The van der Waals surface area contributed by atoms with Crippen molar-refractivity contribution in [1.29, 1.82) is 5.26 Å². The van der Waals surface area contributed by atoms with Crippen molar-refractivity contribution in [1.82, 2.24) is 9.97 Å². The third-order valence-electron chi connectivity index (χ3n) is 1.17. The highest BCUT2D eigenvalue weighted by molar-refractivity contribution is 7.90. The molecule has 0 saturated carbocycles. The van der Waals surface area contributed by atoms with Crippen LogP contribution in [0.15, 0.2) is 11.4 Å². The first-order chi connectivity index (χ1) is 5.95. The number of sulfone groups is 1. The fourth-order valence-corrected chi connectivity index (χ4v) is 1.32. The maximum Gasteiger partial charge on any atom is 0.248 e. The van der Waals surface area contributed by atoms with E-state index in [1.54, 1.807) is 6.07 Å². The van der Waals surface area contributed by atoms with Gasteiger partial charge in [-0.3, -0.25) is 0 Å². The molecule has 0 fully saturated rings. The first kappa shape index (κ1) is 9.89. The van der Waals surface area contributed by atoms with Gasteiger partial charge in [0.2, 0.25) is 15.0 Å². The van der Waals surface area contributed by atoms with Crippen molar-refractivity contribution in [3.8, 4) is 6.07 Å². The van der Waals surface area contributed by atoms with Crippen LogP contribution < -0.4 is 0 Å². The molecule has 0 spiro atoms. The fourth-order valence-electron chi connectivity index (χ4n) is 0.600. The standard InChI is InChI=1S/C6H4ClN3O2S/c1-13(11,12)6-9-3-4(2-8)5(7)10-6/h3H,1H3. The number of rotatable bonds is 1. The van der Waals surface area contributed by atoms with Gasteiger partial charge in [-0.15, -0.1) is 0 Å². The molecule has 0 aliphatic rings. The Kier molecular flexibility index (Phi) is 2.50. The summed E-state index contributed by atoms with van der Waals surface area (Å²) in [6.07, 6.45) is 2.04. The van der Waals surface area contributed by atoms with E-state index in [2.05, 4.69) is 9.97 Å². The predicted molar refractivity (Wildman–Crippen MR) is 44.9 cm³/mol. The molecule has 0 aliphatic carbocycles. The number of hydrogen-bond donors (Lipinski definition) is 0. The van der Waals surface area contributed by atoms with Crippen molar-refractivity contribution in [2.75, 3.05) is 6.26 Å². The van der Waals surface area contributed by atoms with E-state index in [1.807, 2.05) is 0 Å². The molecule has 68 valence electrons. The summed E-state index contributed by atoms with van der Waals surface area (Å²) in [5.41, 5.74) is 0.0501. The van der Waals surface area contributed by atoms with Crippen LogP contribution in [0, 0.1) is 11.3 Å². The van der Waals surface area contributed by atoms with Gasteiger partial charge in [0.15, 0.2) is 5.15 Å². The monoisotopic (exact) mass is 217 g/mol. The van der Waals surface area contributed by atoms with Crippen molar-refractivity contribution >= 4 is 21.4 Å². The summed E-state index contributed by atoms with van der Waals surface area (Å²) in [5.74, 6) is 0. The molecule has 13 heavy (non-hydrogen) atoms. The molecule has 0 N–H and O–H groups in total. The highest BCUT2D eigenvalue weighted by Crippen LogP contribution is 2.12. The summed E-state index contributed by atoms with van der Waals surface area (Å²) < 4.78 is 21.8. The van der Waals surface area contributed by atoms with Gasteiger partial charge >= 0.3 is 0 Å². The van der Waals surface area contributed by atoms with E-state index in [0.717, 1.165) is 12.5 Å². The van der Waals surface area contributed by atoms with Gasteiger partial charge < -0.3 is 0 Å². The largest absolute Gasteiger partial charge is 0.248 e. The molecular weight excluding hydrogens is 214 g/mol. The van der Waals surface area contributed by atoms with E-state index in [0.29, 0.717) is 0 Å². The van der Waals surface area contributed by atoms with E-state index in [1.165, 1.54) is 0 Å². The molecule has 0 bridgehead atoms. The topological polar surface area (TPSA) is 83.7 Å². The summed E-state index contributed by atoms with van der Waals surface area (Å²) in [7, 11) is -3.47. The molecule has 1 aromatic heterocycles. The van der Waals surface area contributed by atoms with Gasteiger partial charge in [0.05, 0.1) is 6.20 Å². The Morgan fingerprint density at radius 3 is 2.62 bits per heavy atom. The Bertz CT molecular complexity index is 477. The maximum atomic E-state index is 10.9. The highest BCUT2D eigenvalue weighted by Gasteiger charge is 2.13. The van der Waals surface area contributed by atoms with E-state index in [4.69, 9.17) is 16.9 Å². The minimum absolute atomic E-state index is 0.0501. The first-order valence-corrected chi connectivity index (χ1v) is 5.35.